The zero-order chi connectivity index (χ0) is 27.1. The third-order valence-corrected chi connectivity index (χ3v) is 7.60. The van der Waals surface area contributed by atoms with E-state index < -0.39 is 0 Å². The van der Waals surface area contributed by atoms with Gasteiger partial charge < -0.3 is 25.0 Å². The van der Waals surface area contributed by atoms with E-state index in [0.717, 1.165) is 11.3 Å². The lowest BCUT2D eigenvalue weighted by molar-refractivity contribution is -0.122. The quantitative estimate of drug-likeness (QED) is 0.370. The third-order valence-electron chi connectivity index (χ3n) is 6.10. The molecule has 2 amide bonds. The molecule has 1 aliphatic heterocycles. The number of carbonyl (C=O) groups excluding carboxylic acids is 2. The van der Waals surface area contributed by atoms with Crippen LogP contribution in [0.5, 0.6) is 11.5 Å². The van der Waals surface area contributed by atoms with Crippen LogP contribution in [-0.4, -0.2) is 80.1 Å². The summed E-state index contributed by atoms with van der Waals surface area (Å²) in [4.78, 5) is 33.6. The fourth-order valence-corrected chi connectivity index (χ4v) is 5.04. The Labute approximate surface area is 235 Å². The highest BCUT2D eigenvalue weighted by Gasteiger charge is 2.25. The molecule has 0 atom stereocenters. The topological polar surface area (TPSA) is 96.0 Å². The Morgan fingerprint density at radius 3 is 2.47 bits per heavy atom. The molecule has 0 saturated carbocycles. The zero-order valence-corrected chi connectivity index (χ0v) is 23.5. The number of methoxy groups -OCH3 is 2. The van der Waals surface area contributed by atoms with Gasteiger partial charge in [-0.1, -0.05) is 29.3 Å². The minimum Gasteiger partial charge on any atom is -0.493 e. The number of benzene rings is 2. The van der Waals surface area contributed by atoms with E-state index >= 15 is 0 Å². The van der Waals surface area contributed by atoms with Crippen molar-refractivity contribution in [2.24, 2.45) is 0 Å². The SMILES string of the molecule is COc1ccc(CCNC(=O)CN2CCN(C(=O)c3csc(Nc4ccc(Cl)c(Cl)c4)n3)CC2)cc1OC. The van der Waals surface area contributed by atoms with E-state index in [-0.39, 0.29) is 11.8 Å². The van der Waals surface area contributed by atoms with Gasteiger partial charge >= 0.3 is 0 Å². The van der Waals surface area contributed by atoms with Gasteiger partial charge in [-0.15, -0.1) is 11.3 Å². The summed E-state index contributed by atoms with van der Waals surface area (Å²) in [5.74, 6) is 1.18. The number of carbonyl (C=O) groups is 2. The van der Waals surface area contributed by atoms with Crippen molar-refractivity contribution in [3.63, 3.8) is 0 Å². The Kier molecular flexibility index (Phi) is 9.68. The number of aromatic nitrogens is 1. The number of ether oxygens (including phenoxy) is 2. The molecular weight excluding hydrogens is 549 g/mol. The maximum Gasteiger partial charge on any atom is 0.273 e. The summed E-state index contributed by atoms with van der Waals surface area (Å²) < 4.78 is 10.6. The molecule has 1 fully saturated rings. The van der Waals surface area contributed by atoms with Crippen molar-refractivity contribution >= 4 is 57.2 Å². The molecular formula is C26H29Cl2N5O4S. The van der Waals surface area contributed by atoms with Crippen molar-refractivity contribution in [1.82, 2.24) is 20.1 Å². The van der Waals surface area contributed by atoms with E-state index in [0.29, 0.717) is 78.1 Å². The fourth-order valence-electron chi connectivity index (χ4n) is 4.04. The molecule has 2 N–H and O–H groups in total. The second kappa shape index (κ2) is 13.1. The van der Waals surface area contributed by atoms with Gasteiger partial charge in [0.1, 0.15) is 5.69 Å². The molecule has 2 aromatic carbocycles. The number of anilines is 2. The number of rotatable bonds is 10. The maximum absolute atomic E-state index is 12.9. The summed E-state index contributed by atoms with van der Waals surface area (Å²) in [6, 6.07) is 10.9. The highest BCUT2D eigenvalue weighted by Crippen LogP contribution is 2.29. The summed E-state index contributed by atoms with van der Waals surface area (Å²) >= 11 is 13.4. The van der Waals surface area contributed by atoms with Gasteiger partial charge in [-0.3, -0.25) is 14.5 Å². The number of thiazole rings is 1. The average molecular weight is 579 g/mol. The molecule has 38 heavy (non-hydrogen) atoms. The Morgan fingerprint density at radius 2 is 1.76 bits per heavy atom. The molecule has 0 bridgehead atoms. The smallest absolute Gasteiger partial charge is 0.273 e. The standard InChI is InChI=1S/C26H29Cl2N5O4S/c1-36-22-6-3-17(13-23(22)37-2)7-8-29-24(34)15-32-9-11-33(12-10-32)25(35)21-16-38-26(31-21)30-18-4-5-19(27)20(28)14-18/h3-6,13-14,16H,7-12,15H2,1-2H3,(H,29,34)(H,30,31). The van der Waals surface area contributed by atoms with E-state index in [9.17, 15) is 9.59 Å². The summed E-state index contributed by atoms with van der Waals surface area (Å²) in [6.45, 7) is 3.12. The number of amides is 2. The lowest BCUT2D eigenvalue weighted by atomic mass is 10.1. The first-order chi connectivity index (χ1) is 18.4. The second-order valence-corrected chi connectivity index (χ2v) is 10.3. The summed E-state index contributed by atoms with van der Waals surface area (Å²) in [5, 5.41) is 9.35. The van der Waals surface area contributed by atoms with Crippen molar-refractivity contribution < 1.29 is 19.1 Å². The monoisotopic (exact) mass is 577 g/mol. The van der Waals surface area contributed by atoms with Crippen LogP contribution in [0.15, 0.2) is 41.8 Å². The average Bonchev–Trinajstić information content (AvgIpc) is 3.39. The molecule has 202 valence electrons. The fraction of sp³-hybridized carbons (Fsp3) is 0.346. The van der Waals surface area contributed by atoms with Crippen LogP contribution in [0.25, 0.3) is 0 Å². The molecule has 1 aromatic heterocycles. The van der Waals surface area contributed by atoms with Crippen molar-refractivity contribution in [3.05, 3.63) is 63.1 Å². The summed E-state index contributed by atoms with van der Waals surface area (Å²) in [7, 11) is 3.20. The van der Waals surface area contributed by atoms with E-state index in [1.807, 2.05) is 23.1 Å². The Balaban J connectivity index is 1.19. The largest absolute Gasteiger partial charge is 0.493 e. The van der Waals surface area contributed by atoms with Crippen LogP contribution in [0.1, 0.15) is 16.1 Å². The van der Waals surface area contributed by atoms with Gasteiger partial charge in [0, 0.05) is 43.8 Å². The van der Waals surface area contributed by atoms with E-state index in [4.69, 9.17) is 32.7 Å². The van der Waals surface area contributed by atoms with Crippen molar-refractivity contribution in [2.75, 3.05) is 58.8 Å². The molecule has 1 aliphatic rings. The molecule has 12 heteroatoms. The van der Waals surface area contributed by atoms with Gasteiger partial charge in [0.25, 0.3) is 5.91 Å². The third kappa shape index (κ3) is 7.28. The molecule has 2 heterocycles. The van der Waals surface area contributed by atoms with Crippen LogP contribution in [-0.2, 0) is 11.2 Å². The number of halogens is 2. The minimum atomic E-state index is -0.123. The molecule has 0 radical (unpaired) electrons. The highest BCUT2D eigenvalue weighted by atomic mass is 35.5. The predicted octanol–water partition coefficient (Wildman–Crippen LogP) is 4.33. The molecule has 4 rings (SSSR count). The van der Waals surface area contributed by atoms with E-state index in [1.54, 1.807) is 42.7 Å². The van der Waals surface area contributed by atoms with Crippen molar-refractivity contribution in [3.8, 4) is 11.5 Å². The normalized spacial score (nSPS) is 13.7. The Morgan fingerprint density at radius 1 is 1.00 bits per heavy atom. The number of hydrogen-bond donors (Lipinski definition) is 2. The number of hydrogen-bond acceptors (Lipinski definition) is 8. The van der Waals surface area contributed by atoms with Gasteiger partial charge in [0.2, 0.25) is 5.91 Å². The van der Waals surface area contributed by atoms with Crippen LogP contribution in [0, 0.1) is 0 Å². The Bertz CT molecular complexity index is 1280. The first-order valence-corrected chi connectivity index (χ1v) is 13.7. The van der Waals surface area contributed by atoms with Gasteiger partial charge in [-0.05, 0) is 42.3 Å². The molecule has 0 unspecified atom stereocenters. The number of piperazine rings is 1. The number of nitrogens with zero attached hydrogens (tertiary/aromatic N) is 3. The van der Waals surface area contributed by atoms with Crippen LogP contribution in [0.2, 0.25) is 10.0 Å². The highest BCUT2D eigenvalue weighted by molar-refractivity contribution is 7.14. The van der Waals surface area contributed by atoms with Crippen molar-refractivity contribution in [1.29, 1.82) is 0 Å². The summed E-state index contributed by atoms with van der Waals surface area (Å²) in [6.07, 6.45) is 0.684. The van der Waals surface area contributed by atoms with Crippen LogP contribution in [0.3, 0.4) is 0 Å². The van der Waals surface area contributed by atoms with Crippen LogP contribution < -0.4 is 20.1 Å². The van der Waals surface area contributed by atoms with Gasteiger partial charge in [-0.25, -0.2) is 4.98 Å². The molecule has 0 spiro atoms. The Hall–Kier alpha value is -3.05. The summed E-state index contributed by atoms with van der Waals surface area (Å²) in [5.41, 5.74) is 2.18. The minimum absolute atomic E-state index is 0.0391. The van der Waals surface area contributed by atoms with Gasteiger partial charge in [0.15, 0.2) is 16.6 Å². The zero-order valence-electron chi connectivity index (χ0n) is 21.1. The van der Waals surface area contributed by atoms with Gasteiger partial charge in [0.05, 0.1) is 30.8 Å². The lowest BCUT2D eigenvalue weighted by Gasteiger charge is -2.33. The first kappa shape index (κ1) is 28.0. The predicted molar refractivity (Wildman–Crippen MR) is 150 cm³/mol. The number of nitrogens with one attached hydrogen (secondary N) is 2. The van der Waals surface area contributed by atoms with Crippen molar-refractivity contribution in [2.45, 2.75) is 6.42 Å². The molecule has 9 nitrogen and oxygen atoms in total. The van der Waals surface area contributed by atoms with Gasteiger partial charge in [-0.2, -0.15) is 0 Å². The lowest BCUT2D eigenvalue weighted by Crippen LogP contribution is -2.51. The van der Waals surface area contributed by atoms with E-state index in [1.165, 1.54) is 11.3 Å². The maximum atomic E-state index is 12.9. The molecule has 1 saturated heterocycles. The first-order valence-electron chi connectivity index (χ1n) is 12.0. The van der Waals surface area contributed by atoms with Crippen LogP contribution in [0.4, 0.5) is 10.8 Å². The van der Waals surface area contributed by atoms with Crippen LogP contribution >= 0.6 is 34.5 Å². The molecule has 3 aromatic rings. The molecule has 0 aliphatic carbocycles. The van der Waals surface area contributed by atoms with E-state index in [2.05, 4.69) is 15.6 Å². The second-order valence-electron chi connectivity index (χ2n) is 8.65.